The van der Waals surface area contributed by atoms with Gasteiger partial charge < -0.3 is 11.1 Å². The molecule has 1 aromatic carbocycles. The maximum absolute atomic E-state index is 13.0. The standard InChI is InChI=1S/C13H19FN2O/c1-3-4-11(15)8-16-13(17)12-7-10(14)6-5-9(12)2/h5-7,11H,3-4,8,15H2,1-2H3,(H,16,17). The average molecular weight is 238 g/mol. The zero-order chi connectivity index (χ0) is 12.8. The van der Waals surface area contributed by atoms with Gasteiger partial charge in [-0.15, -0.1) is 0 Å². The number of nitrogens with one attached hydrogen (secondary N) is 1. The van der Waals surface area contributed by atoms with E-state index in [0.29, 0.717) is 12.1 Å². The molecule has 0 aliphatic heterocycles. The van der Waals surface area contributed by atoms with Crippen LogP contribution < -0.4 is 11.1 Å². The highest BCUT2D eigenvalue weighted by Crippen LogP contribution is 2.09. The average Bonchev–Trinajstić information content (AvgIpc) is 2.29. The van der Waals surface area contributed by atoms with Crippen LogP contribution in [0.3, 0.4) is 0 Å². The normalized spacial score (nSPS) is 12.2. The van der Waals surface area contributed by atoms with Crippen LogP contribution >= 0.6 is 0 Å². The second-order valence-corrected chi connectivity index (χ2v) is 4.22. The van der Waals surface area contributed by atoms with Crippen molar-refractivity contribution in [3.05, 3.63) is 35.1 Å². The molecule has 0 aromatic heterocycles. The molecule has 17 heavy (non-hydrogen) atoms. The monoisotopic (exact) mass is 238 g/mol. The molecule has 1 amide bonds. The van der Waals surface area contributed by atoms with Crippen molar-refractivity contribution in [1.29, 1.82) is 0 Å². The number of carbonyl (C=O) groups is 1. The summed E-state index contributed by atoms with van der Waals surface area (Å²) in [5.41, 5.74) is 6.92. The number of amides is 1. The van der Waals surface area contributed by atoms with Crippen molar-refractivity contribution in [2.45, 2.75) is 32.7 Å². The Bertz CT molecular complexity index is 393. The van der Waals surface area contributed by atoms with Gasteiger partial charge in [0.15, 0.2) is 0 Å². The van der Waals surface area contributed by atoms with Gasteiger partial charge in [-0.3, -0.25) is 4.79 Å². The zero-order valence-electron chi connectivity index (χ0n) is 10.3. The molecule has 1 unspecified atom stereocenters. The molecule has 0 aliphatic rings. The zero-order valence-corrected chi connectivity index (χ0v) is 10.3. The van der Waals surface area contributed by atoms with Gasteiger partial charge in [0.1, 0.15) is 5.82 Å². The van der Waals surface area contributed by atoms with E-state index in [9.17, 15) is 9.18 Å². The number of carbonyl (C=O) groups excluding carboxylic acids is 1. The van der Waals surface area contributed by atoms with Gasteiger partial charge in [0.25, 0.3) is 5.91 Å². The number of nitrogens with two attached hydrogens (primary N) is 1. The van der Waals surface area contributed by atoms with Crippen molar-refractivity contribution in [3.63, 3.8) is 0 Å². The minimum Gasteiger partial charge on any atom is -0.350 e. The summed E-state index contributed by atoms with van der Waals surface area (Å²) < 4.78 is 13.0. The second kappa shape index (κ2) is 6.35. The molecule has 94 valence electrons. The summed E-state index contributed by atoms with van der Waals surface area (Å²) in [5, 5.41) is 2.72. The number of aryl methyl sites for hydroxylation is 1. The molecule has 0 fully saturated rings. The quantitative estimate of drug-likeness (QED) is 0.824. The molecule has 0 spiro atoms. The SMILES string of the molecule is CCCC(N)CNC(=O)c1cc(F)ccc1C. The van der Waals surface area contributed by atoms with E-state index in [-0.39, 0.29) is 11.9 Å². The molecule has 0 radical (unpaired) electrons. The molecule has 0 saturated heterocycles. The fraction of sp³-hybridized carbons (Fsp3) is 0.462. The number of benzene rings is 1. The minimum absolute atomic E-state index is 0.0437. The molecular weight excluding hydrogens is 219 g/mol. The highest BCUT2D eigenvalue weighted by Gasteiger charge is 2.11. The summed E-state index contributed by atoms with van der Waals surface area (Å²) >= 11 is 0. The van der Waals surface area contributed by atoms with Gasteiger partial charge in [0, 0.05) is 18.2 Å². The topological polar surface area (TPSA) is 55.1 Å². The highest BCUT2D eigenvalue weighted by atomic mass is 19.1. The van der Waals surface area contributed by atoms with Crippen LogP contribution in [0.5, 0.6) is 0 Å². The molecule has 1 aromatic rings. The largest absolute Gasteiger partial charge is 0.350 e. The maximum Gasteiger partial charge on any atom is 0.251 e. The maximum atomic E-state index is 13.0. The first kappa shape index (κ1) is 13.6. The Hall–Kier alpha value is -1.42. The van der Waals surface area contributed by atoms with E-state index >= 15 is 0 Å². The molecule has 3 nitrogen and oxygen atoms in total. The summed E-state index contributed by atoms with van der Waals surface area (Å²) in [7, 11) is 0. The van der Waals surface area contributed by atoms with E-state index in [0.717, 1.165) is 18.4 Å². The van der Waals surface area contributed by atoms with Crippen LogP contribution in [0.4, 0.5) is 4.39 Å². The molecule has 4 heteroatoms. The van der Waals surface area contributed by atoms with Gasteiger partial charge in [-0.05, 0) is 31.0 Å². The van der Waals surface area contributed by atoms with E-state index in [2.05, 4.69) is 5.32 Å². The number of hydrogen-bond donors (Lipinski definition) is 2. The third-order valence-corrected chi connectivity index (χ3v) is 2.63. The summed E-state index contributed by atoms with van der Waals surface area (Å²) in [6, 6.07) is 4.14. The predicted molar refractivity (Wildman–Crippen MR) is 66.4 cm³/mol. The predicted octanol–water partition coefficient (Wildman–Crippen LogP) is 1.99. The Labute approximate surface area is 101 Å². The van der Waals surface area contributed by atoms with Crippen LogP contribution in [-0.4, -0.2) is 18.5 Å². The van der Waals surface area contributed by atoms with Crippen LogP contribution in [0.1, 0.15) is 35.7 Å². The molecule has 0 heterocycles. The first-order chi connectivity index (χ1) is 8.04. The molecule has 0 aliphatic carbocycles. The van der Waals surface area contributed by atoms with Crippen molar-refractivity contribution in [2.75, 3.05) is 6.54 Å². The number of hydrogen-bond acceptors (Lipinski definition) is 2. The van der Waals surface area contributed by atoms with Crippen molar-refractivity contribution in [2.24, 2.45) is 5.73 Å². The molecule has 1 rings (SSSR count). The highest BCUT2D eigenvalue weighted by molar-refractivity contribution is 5.95. The third-order valence-electron chi connectivity index (χ3n) is 2.63. The Morgan fingerprint density at radius 1 is 1.53 bits per heavy atom. The third kappa shape index (κ3) is 4.15. The van der Waals surface area contributed by atoms with Crippen molar-refractivity contribution in [1.82, 2.24) is 5.32 Å². The van der Waals surface area contributed by atoms with Crippen molar-refractivity contribution >= 4 is 5.91 Å². The summed E-state index contributed by atoms with van der Waals surface area (Å²) in [5.74, 6) is -0.674. The Morgan fingerprint density at radius 2 is 2.24 bits per heavy atom. The molecule has 3 N–H and O–H groups in total. The molecule has 0 saturated carbocycles. The van der Waals surface area contributed by atoms with E-state index in [1.54, 1.807) is 13.0 Å². The van der Waals surface area contributed by atoms with Gasteiger partial charge >= 0.3 is 0 Å². The lowest BCUT2D eigenvalue weighted by Crippen LogP contribution is -2.37. The lowest BCUT2D eigenvalue weighted by atomic mass is 10.1. The van der Waals surface area contributed by atoms with Crippen LogP contribution in [0.15, 0.2) is 18.2 Å². The lowest BCUT2D eigenvalue weighted by molar-refractivity contribution is 0.0949. The first-order valence-electron chi connectivity index (χ1n) is 5.84. The Kier molecular flexibility index (Phi) is 5.10. The van der Waals surface area contributed by atoms with Gasteiger partial charge in [0.05, 0.1) is 0 Å². The second-order valence-electron chi connectivity index (χ2n) is 4.22. The first-order valence-corrected chi connectivity index (χ1v) is 5.84. The number of rotatable bonds is 5. The summed E-state index contributed by atoms with van der Waals surface area (Å²) in [6.45, 7) is 4.24. The Morgan fingerprint density at radius 3 is 2.88 bits per heavy atom. The van der Waals surface area contributed by atoms with Crippen molar-refractivity contribution < 1.29 is 9.18 Å². The smallest absolute Gasteiger partial charge is 0.251 e. The van der Waals surface area contributed by atoms with Gasteiger partial charge in [-0.2, -0.15) is 0 Å². The number of halogens is 1. The summed E-state index contributed by atoms with van der Waals surface area (Å²) in [6.07, 6.45) is 1.85. The Balaban J connectivity index is 2.61. The molecule has 0 bridgehead atoms. The van der Waals surface area contributed by atoms with E-state index < -0.39 is 5.82 Å². The van der Waals surface area contributed by atoms with Gasteiger partial charge in [-0.25, -0.2) is 4.39 Å². The van der Waals surface area contributed by atoms with Crippen molar-refractivity contribution in [3.8, 4) is 0 Å². The van der Waals surface area contributed by atoms with Crippen LogP contribution in [0.25, 0.3) is 0 Å². The summed E-state index contributed by atoms with van der Waals surface area (Å²) in [4.78, 5) is 11.8. The molecule has 1 atom stereocenters. The van der Waals surface area contributed by atoms with Crippen LogP contribution in [0, 0.1) is 12.7 Å². The van der Waals surface area contributed by atoms with Crippen LogP contribution in [-0.2, 0) is 0 Å². The van der Waals surface area contributed by atoms with E-state index in [1.807, 2.05) is 6.92 Å². The van der Waals surface area contributed by atoms with Gasteiger partial charge in [0.2, 0.25) is 0 Å². The molecular formula is C13H19FN2O. The van der Waals surface area contributed by atoms with Gasteiger partial charge in [-0.1, -0.05) is 19.4 Å². The van der Waals surface area contributed by atoms with Crippen LogP contribution in [0.2, 0.25) is 0 Å². The lowest BCUT2D eigenvalue weighted by Gasteiger charge is -2.12. The fourth-order valence-electron chi connectivity index (χ4n) is 1.63. The fourth-order valence-corrected chi connectivity index (χ4v) is 1.63. The van der Waals surface area contributed by atoms with E-state index in [4.69, 9.17) is 5.73 Å². The van der Waals surface area contributed by atoms with E-state index in [1.165, 1.54) is 12.1 Å². The minimum atomic E-state index is -0.404.